The van der Waals surface area contributed by atoms with Crippen molar-refractivity contribution in [3.8, 4) is 0 Å². The highest BCUT2D eigenvalue weighted by Crippen LogP contribution is 2.32. The Morgan fingerprint density at radius 3 is 2.40 bits per heavy atom. The molecule has 0 bridgehead atoms. The Kier molecular flexibility index (Phi) is 4.28. The van der Waals surface area contributed by atoms with E-state index in [1.807, 2.05) is 6.92 Å². The van der Waals surface area contributed by atoms with E-state index in [2.05, 4.69) is 0 Å². The number of aliphatic carboxylic acids is 1. The van der Waals surface area contributed by atoms with Crippen molar-refractivity contribution in [1.29, 1.82) is 0 Å². The largest absolute Gasteiger partial charge is 0.481 e. The lowest BCUT2D eigenvalue weighted by Gasteiger charge is -2.34. The second-order valence-corrected chi connectivity index (χ2v) is 5.96. The normalized spacial score (nSPS) is 33.6. The van der Waals surface area contributed by atoms with Gasteiger partial charge in [0.25, 0.3) is 0 Å². The molecule has 0 aromatic carbocycles. The molecule has 15 heavy (non-hydrogen) atoms. The molecule has 4 nitrogen and oxygen atoms in total. The highest BCUT2D eigenvalue weighted by molar-refractivity contribution is 7.85. The second-order valence-electron chi connectivity index (χ2n) is 4.21. The van der Waals surface area contributed by atoms with E-state index in [1.54, 1.807) is 0 Å². The fourth-order valence-corrected chi connectivity index (χ4v) is 3.04. The molecule has 0 saturated heterocycles. The Hall–Kier alpha value is -0.420. The Labute approximate surface area is 92.1 Å². The molecule has 5 heteroatoms. The highest BCUT2D eigenvalue weighted by atomic mass is 32.2. The third-order valence-corrected chi connectivity index (χ3v) is 4.52. The molecule has 1 fully saturated rings. The van der Waals surface area contributed by atoms with Crippen LogP contribution in [0.4, 0.5) is 0 Å². The first kappa shape index (κ1) is 12.6. The van der Waals surface area contributed by atoms with Gasteiger partial charge >= 0.3 is 5.97 Å². The van der Waals surface area contributed by atoms with Crippen LogP contribution in [0.25, 0.3) is 0 Å². The number of aliphatic hydroxyl groups is 1. The minimum absolute atomic E-state index is 0.288. The third kappa shape index (κ3) is 3.57. The van der Waals surface area contributed by atoms with Gasteiger partial charge < -0.3 is 10.2 Å². The molecule has 0 spiro atoms. The number of hydrogen-bond acceptors (Lipinski definition) is 3. The van der Waals surface area contributed by atoms with Gasteiger partial charge in [-0.15, -0.1) is 0 Å². The molecule has 0 radical (unpaired) electrons. The lowest BCUT2D eigenvalue weighted by molar-refractivity contribution is -0.144. The first-order chi connectivity index (χ1) is 6.97. The van der Waals surface area contributed by atoms with Crippen molar-refractivity contribution in [2.45, 2.75) is 38.2 Å². The Balaban J connectivity index is 2.47. The summed E-state index contributed by atoms with van der Waals surface area (Å²) in [5.74, 6) is -0.283. The molecule has 0 amide bonds. The first-order valence-electron chi connectivity index (χ1n) is 5.27. The van der Waals surface area contributed by atoms with Crippen LogP contribution in [0.15, 0.2) is 0 Å². The summed E-state index contributed by atoms with van der Waals surface area (Å²) in [6.07, 6.45) is 1.89. The van der Waals surface area contributed by atoms with Crippen molar-refractivity contribution in [1.82, 2.24) is 0 Å². The van der Waals surface area contributed by atoms with Gasteiger partial charge in [-0.3, -0.25) is 9.00 Å². The average molecular weight is 234 g/mol. The van der Waals surface area contributed by atoms with E-state index in [0.29, 0.717) is 31.4 Å². The fraction of sp³-hybridized carbons (Fsp3) is 0.900. The summed E-state index contributed by atoms with van der Waals surface area (Å²) in [5.41, 5.74) is -0.896. The number of carbonyl (C=O) groups is 1. The van der Waals surface area contributed by atoms with E-state index in [-0.39, 0.29) is 11.7 Å². The molecule has 0 aliphatic heterocycles. The van der Waals surface area contributed by atoms with Crippen LogP contribution in [0, 0.1) is 5.92 Å². The van der Waals surface area contributed by atoms with Crippen LogP contribution >= 0.6 is 0 Å². The van der Waals surface area contributed by atoms with Gasteiger partial charge in [0.1, 0.15) is 0 Å². The van der Waals surface area contributed by atoms with Crippen LogP contribution in [0.1, 0.15) is 32.6 Å². The molecule has 2 N–H and O–H groups in total. The van der Waals surface area contributed by atoms with Crippen molar-refractivity contribution in [3.05, 3.63) is 0 Å². The molecule has 1 aliphatic carbocycles. The lowest BCUT2D eigenvalue weighted by Crippen LogP contribution is -2.40. The highest BCUT2D eigenvalue weighted by Gasteiger charge is 2.36. The van der Waals surface area contributed by atoms with Crippen molar-refractivity contribution in [2.24, 2.45) is 5.92 Å². The van der Waals surface area contributed by atoms with Gasteiger partial charge in [0, 0.05) is 16.6 Å². The van der Waals surface area contributed by atoms with Crippen LogP contribution in [0.3, 0.4) is 0 Å². The van der Waals surface area contributed by atoms with E-state index in [1.165, 1.54) is 0 Å². The molecular weight excluding hydrogens is 216 g/mol. The van der Waals surface area contributed by atoms with Crippen LogP contribution < -0.4 is 0 Å². The van der Waals surface area contributed by atoms with E-state index >= 15 is 0 Å². The van der Waals surface area contributed by atoms with Crippen molar-refractivity contribution in [2.75, 3.05) is 11.5 Å². The predicted molar refractivity (Wildman–Crippen MR) is 58.1 cm³/mol. The Bertz CT molecular complexity index is 256. The number of carboxylic acids is 1. The molecule has 0 heterocycles. The zero-order chi connectivity index (χ0) is 11.5. The van der Waals surface area contributed by atoms with E-state index in [4.69, 9.17) is 5.11 Å². The molecule has 88 valence electrons. The number of rotatable bonds is 4. The van der Waals surface area contributed by atoms with Gasteiger partial charge in [0.15, 0.2) is 0 Å². The van der Waals surface area contributed by atoms with Crippen molar-refractivity contribution < 1.29 is 19.2 Å². The average Bonchev–Trinajstić information content (AvgIpc) is 2.17. The molecule has 1 unspecified atom stereocenters. The molecule has 0 aromatic rings. The number of carboxylic acid groups (broad SMARTS) is 1. The summed E-state index contributed by atoms with van der Waals surface area (Å²) in [4.78, 5) is 10.7. The van der Waals surface area contributed by atoms with Crippen LogP contribution in [0.2, 0.25) is 0 Å². The van der Waals surface area contributed by atoms with Gasteiger partial charge in [-0.1, -0.05) is 6.92 Å². The second kappa shape index (κ2) is 5.07. The molecular formula is C10H18O4S. The van der Waals surface area contributed by atoms with E-state index < -0.39 is 22.4 Å². The van der Waals surface area contributed by atoms with Crippen molar-refractivity contribution in [3.63, 3.8) is 0 Å². The quantitative estimate of drug-likeness (QED) is 0.753. The first-order valence-corrected chi connectivity index (χ1v) is 6.76. The summed E-state index contributed by atoms with van der Waals surface area (Å²) in [6, 6.07) is 0. The summed E-state index contributed by atoms with van der Waals surface area (Å²) in [5, 5.41) is 18.9. The maximum absolute atomic E-state index is 11.3. The topological polar surface area (TPSA) is 74.6 Å². The number of hydrogen-bond donors (Lipinski definition) is 2. The molecule has 1 saturated carbocycles. The van der Waals surface area contributed by atoms with Crippen molar-refractivity contribution >= 4 is 16.8 Å². The maximum atomic E-state index is 11.3. The Morgan fingerprint density at radius 1 is 1.47 bits per heavy atom. The predicted octanol–water partition coefficient (Wildman–Crippen LogP) is 0.761. The summed E-state index contributed by atoms with van der Waals surface area (Å²) >= 11 is 0. The monoisotopic (exact) mass is 234 g/mol. The summed E-state index contributed by atoms with van der Waals surface area (Å²) < 4.78 is 11.3. The zero-order valence-electron chi connectivity index (χ0n) is 8.94. The Morgan fingerprint density at radius 2 is 2.00 bits per heavy atom. The molecule has 1 rings (SSSR count). The molecule has 0 aromatic heterocycles. The summed E-state index contributed by atoms with van der Waals surface area (Å²) in [6.45, 7) is 1.82. The van der Waals surface area contributed by atoms with Crippen LogP contribution in [-0.4, -0.2) is 37.5 Å². The third-order valence-electron chi connectivity index (χ3n) is 3.02. The maximum Gasteiger partial charge on any atom is 0.306 e. The summed E-state index contributed by atoms with van der Waals surface area (Å²) in [7, 11) is -0.983. The minimum Gasteiger partial charge on any atom is -0.481 e. The van der Waals surface area contributed by atoms with Crippen LogP contribution in [0.5, 0.6) is 0 Å². The SMILES string of the molecule is CCS(=O)CC1(O)CCC(C(=O)O)CC1. The standard InChI is InChI=1S/C10H18O4S/c1-2-15(14)7-10(13)5-3-8(4-6-10)9(11)12/h8,13H,2-7H2,1H3,(H,11,12). The molecule has 1 aliphatic rings. The minimum atomic E-state index is -0.983. The van der Waals surface area contributed by atoms with E-state index in [9.17, 15) is 14.1 Å². The van der Waals surface area contributed by atoms with Gasteiger partial charge in [0.2, 0.25) is 0 Å². The van der Waals surface area contributed by atoms with Gasteiger partial charge in [-0.2, -0.15) is 0 Å². The zero-order valence-corrected chi connectivity index (χ0v) is 9.76. The van der Waals surface area contributed by atoms with E-state index in [0.717, 1.165) is 0 Å². The van der Waals surface area contributed by atoms with Gasteiger partial charge in [0.05, 0.1) is 17.3 Å². The van der Waals surface area contributed by atoms with Crippen LogP contribution in [-0.2, 0) is 15.6 Å². The van der Waals surface area contributed by atoms with Gasteiger partial charge in [-0.25, -0.2) is 0 Å². The molecule has 1 atom stereocenters. The lowest BCUT2D eigenvalue weighted by atomic mass is 9.80. The van der Waals surface area contributed by atoms with Gasteiger partial charge in [-0.05, 0) is 25.7 Å². The fourth-order valence-electron chi connectivity index (χ4n) is 1.95. The smallest absolute Gasteiger partial charge is 0.306 e.